The molecule has 0 unspecified atom stereocenters. The zero-order valence-electron chi connectivity index (χ0n) is 10.5. The first kappa shape index (κ1) is 12.6. The molecule has 1 aromatic carbocycles. The smallest absolute Gasteiger partial charge is 0.410 e. The van der Waals surface area contributed by atoms with E-state index in [9.17, 15) is 9.59 Å². The molecule has 1 fully saturated rings. The first-order valence-corrected chi connectivity index (χ1v) is 6.22. The van der Waals surface area contributed by atoms with Crippen LogP contribution in [0.5, 0.6) is 0 Å². The van der Waals surface area contributed by atoms with Crippen molar-refractivity contribution in [2.24, 2.45) is 0 Å². The molecule has 18 heavy (non-hydrogen) atoms. The molecule has 1 aromatic rings. The topological polar surface area (TPSA) is 46.6 Å². The van der Waals surface area contributed by atoms with Crippen molar-refractivity contribution in [3.05, 3.63) is 35.9 Å². The van der Waals surface area contributed by atoms with Gasteiger partial charge in [-0.2, -0.15) is 0 Å². The largest absolute Gasteiger partial charge is 0.445 e. The maximum Gasteiger partial charge on any atom is 0.410 e. The summed E-state index contributed by atoms with van der Waals surface area (Å²) >= 11 is 0. The first-order valence-electron chi connectivity index (χ1n) is 6.22. The zero-order chi connectivity index (χ0) is 13.0. The summed E-state index contributed by atoms with van der Waals surface area (Å²) in [6.07, 6.45) is 0.703. The van der Waals surface area contributed by atoms with Crippen LogP contribution in [0.25, 0.3) is 0 Å². The molecule has 0 saturated carbocycles. The summed E-state index contributed by atoms with van der Waals surface area (Å²) in [5.74, 6) is 0.133. The SMILES string of the molecule is CC[C@H]1C(=O)CCN1C(=O)OCc1ccccc1. The van der Waals surface area contributed by atoms with Gasteiger partial charge in [0.1, 0.15) is 6.61 Å². The minimum Gasteiger partial charge on any atom is -0.445 e. The van der Waals surface area contributed by atoms with Crippen molar-refractivity contribution in [2.75, 3.05) is 6.54 Å². The van der Waals surface area contributed by atoms with E-state index in [1.165, 1.54) is 4.90 Å². The maximum absolute atomic E-state index is 11.9. The molecule has 1 saturated heterocycles. The number of rotatable bonds is 3. The Labute approximate surface area is 107 Å². The third-order valence-electron chi connectivity index (χ3n) is 3.17. The molecule has 0 spiro atoms. The van der Waals surface area contributed by atoms with E-state index in [1.54, 1.807) is 0 Å². The fourth-order valence-electron chi connectivity index (χ4n) is 2.20. The number of amides is 1. The van der Waals surface area contributed by atoms with Gasteiger partial charge in [-0.25, -0.2) is 4.79 Å². The molecule has 0 bridgehead atoms. The molecular formula is C14H17NO3. The minimum atomic E-state index is -0.392. The number of Topliss-reactive ketones (excluding diaryl/α,β-unsaturated/α-hetero) is 1. The lowest BCUT2D eigenvalue weighted by Gasteiger charge is -2.21. The predicted octanol–water partition coefficient (Wildman–Crippen LogP) is 2.38. The first-order chi connectivity index (χ1) is 8.72. The highest BCUT2D eigenvalue weighted by atomic mass is 16.6. The highest BCUT2D eigenvalue weighted by Gasteiger charge is 2.35. The molecular weight excluding hydrogens is 230 g/mol. The van der Waals surface area contributed by atoms with Crippen molar-refractivity contribution in [2.45, 2.75) is 32.4 Å². The van der Waals surface area contributed by atoms with E-state index >= 15 is 0 Å². The number of likely N-dealkylation sites (tertiary alicyclic amines) is 1. The Morgan fingerprint density at radius 3 is 2.78 bits per heavy atom. The van der Waals surface area contributed by atoms with E-state index in [0.717, 1.165) is 5.56 Å². The van der Waals surface area contributed by atoms with Crippen LogP contribution >= 0.6 is 0 Å². The highest BCUT2D eigenvalue weighted by Crippen LogP contribution is 2.18. The summed E-state index contributed by atoms with van der Waals surface area (Å²) in [5.41, 5.74) is 0.949. The predicted molar refractivity (Wildman–Crippen MR) is 67.0 cm³/mol. The molecule has 4 heteroatoms. The molecule has 1 atom stereocenters. The van der Waals surface area contributed by atoms with E-state index in [4.69, 9.17) is 4.74 Å². The third kappa shape index (κ3) is 2.70. The van der Waals surface area contributed by atoms with Crippen LogP contribution in [0.2, 0.25) is 0 Å². The van der Waals surface area contributed by atoms with Gasteiger partial charge in [0.05, 0.1) is 6.04 Å². The number of carbonyl (C=O) groups is 2. The average molecular weight is 247 g/mol. The molecule has 1 heterocycles. The van der Waals surface area contributed by atoms with Gasteiger partial charge >= 0.3 is 6.09 Å². The monoisotopic (exact) mass is 247 g/mol. The number of ketones is 1. The lowest BCUT2D eigenvalue weighted by molar-refractivity contribution is -0.119. The summed E-state index contributed by atoms with van der Waals surface area (Å²) in [4.78, 5) is 25.0. The normalized spacial score (nSPS) is 19.1. The number of ether oxygens (including phenoxy) is 1. The Kier molecular flexibility index (Phi) is 3.97. The van der Waals surface area contributed by atoms with Crippen LogP contribution in [0.4, 0.5) is 4.79 Å². The fraction of sp³-hybridized carbons (Fsp3) is 0.429. The van der Waals surface area contributed by atoms with Crippen LogP contribution in [0.15, 0.2) is 30.3 Å². The van der Waals surface area contributed by atoms with Gasteiger partial charge in [-0.15, -0.1) is 0 Å². The van der Waals surface area contributed by atoms with E-state index in [2.05, 4.69) is 0 Å². The van der Waals surface area contributed by atoms with Gasteiger partial charge < -0.3 is 4.74 Å². The molecule has 0 N–H and O–H groups in total. The molecule has 0 aromatic heterocycles. The van der Waals surface area contributed by atoms with Crippen LogP contribution in [0.1, 0.15) is 25.3 Å². The van der Waals surface area contributed by atoms with Crippen molar-refractivity contribution < 1.29 is 14.3 Å². The molecule has 96 valence electrons. The molecule has 2 rings (SSSR count). The summed E-state index contributed by atoms with van der Waals surface area (Å²) in [5, 5.41) is 0. The van der Waals surface area contributed by atoms with Crippen molar-refractivity contribution in [3.8, 4) is 0 Å². The Balaban J connectivity index is 1.90. The Morgan fingerprint density at radius 2 is 2.11 bits per heavy atom. The summed E-state index contributed by atoms with van der Waals surface area (Å²) in [7, 11) is 0. The summed E-state index contributed by atoms with van der Waals surface area (Å²) in [6, 6.07) is 9.22. The zero-order valence-corrected chi connectivity index (χ0v) is 10.5. The van der Waals surface area contributed by atoms with Crippen LogP contribution in [-0.4, -0.2) is 29.4 Å². The Bertz CT molecular complexity index is 430. The molecule has 1 aliphatic rings. The van der Waals surface area contributed by atoms with Crippen LogP contribution in [0.3, 0.4) is 0 Å². The van der Waals surface area contributed by atoms with Gasteiger partial charge in [-0.3, -0.25) is 9.69 Å². The number of hydrogen-bond acceptors (Lipinski definition) is 3. The van der Waals surface area contributed by atoms with E-state index in [-0.39, 0.29) is 18.4 Å². The highest BCUT2D eigenvalue weighted by molar-refractivity contribution is 5.90. The van der Waals surface area contributed by atoms with Crippen molar-refractivity contribution in [3.63, 3.8) is 0 Å². The van der Waals surface area contributed by atoms with Crippen LogP contribution in [0, 0.1) is 0 Å². The molecule has 1 amide bonds. The summed E-state index contributed by atoms with van der Waals surface area (Å²) < 4.78 is 5.23. The van der Waals surface area contributed by atoms with Crippen molar-refractivity contribution in [1.29, 1.82) is 0 Å². The lowest BCUT2D eigenvalue weighted by Crippen LogP contribution is -2.37. The van der Waals surface area contributed by atoms with Gasteiger partial charge in [0.2, 0.25) is 0 Å². The average Bonchev–Trinajstić information content (AvgIpc) is 2.78. The molecule has 0 aliphatic carbocycles. The van der Waals surface area contributed by atoms with Crippen LogP contribution < -0.4 is 0 Å². The summed E-state index contributed by atoms with van der Waals surface area (Å²) in [6.45, 7) is 2.64. The number of benzene rings is 1. The Hall–Kier alpha value is -1.84. The lowest BCUT2D eigenvalue weighted by atomic mass is 10.1. The van der Waals surface area contributed by atoms with E-state index in [1.807, 2.05) is 37.3 Å². The molecule has 0 radical (unpaired) electrons. The van der Waals surface area contributed by atoms with Crippen molar-refractivity contribution >= 4 is 11.9 Å². The second-order valence-corrected chi connectivity index (χ2v) is 4.37. The van der Waals surface area contributed by atoms with Gasteiger partial charge in [-0.1, -0.05) is 37.3 Å². The molecule has 1 aliphatic heterocycles. The Morgan fingerprint density at radius 1 is 1.39 bits per heavy atom. The van der Waals surface area contributed by atoms with Crippen molar-refractivity contribution in [1.82, 2.24) is 4.90 Å². The van der Waals surface area contributed by atoms with Gasteiger partial charge in [-0.05, 0) is 12.0 Å². The van der Waals surface area contributed by atoms with Gasteiger partial charge in [0.25, 0.3) is 0 Å². The third-order valence-corrected chi connectivity index (χ3v) is 3.17. The fourth-order valence-corrected chi connectivity index (χ4v) is 2.20. The van der Waals surface area contributed by atoms with Crippen LogP contribution in [-0.2, 0) is 16.1 Å². The van der Waals surface area contributed by atoms with E-state index in [0.29, 0.717) is 19.4 Å². The number of hydrogen-bond donors (Lipinski definition) is 0. The second-order valence-electron chi connectivity index (χ2n) is 4.37. The van der Waals surface area contributed by atoms with E-state index < -0.39 is 6.09 Å². The second kappa shape index (κ2) is 5.67. The number of carbonyl (C=O) groups excluding carboxylic acids is 2. The standard InChI is InChI=1S/C14H17NO3/c1-2-12-13(16)8-9-15(12)14(17)18-10-11-6-4-3-5-7-11/h3-7,12H,2,8-10H2,1H3/t12-/m0/s1. The quantitative estimate of drug-likeness (QED) is 0.823. The minimum absolute atomic E-state index is 0.133. The van der Waals surface area contributed by atoms with Gasteiger partial charge in [0, 0.05) is 13.0 Å². The molecule has 4 nitrogen and oxygen atoms in total. The maximum atomic E-state index is 11.9. The van der Waals surface area contributed by atoms with Gasteiger partial charge in [0.15, 0.2) is 5.78 Å². The number of nitrogens with zero attached hydrogens (tertiary/aromatic N) is 1.